The lowest BCUT2D eigenvalue weighted by atomic mass is 10.2. The van der Waals surface area contributed by atoms with Gasteiger partial charge >= 0.3 is 0 Å². The van der Waals surface area contributed by atoms with Crippen LogP contribution in [0.15, 0.2) is 54.6 Å². The van der Waals surface area contributed by atoms with E-state index in [1.54, 1.807) is 0 Å². The minimum Gasteiger partial charge on any atom is -0.378 e. The number of para-hydroxylation sites is 1. The van der Waals surface area contributed by atoms with Crippen molar-refractivity contribution in [2.75, 3.05) is 31.2 Å². The molecule has 1 N–H and O–H groups in total. The van der Waals surface area contributed by atoms with Gasteiger partial charge in [0.25, 0.3) is 0 Å². The Morgan fingerprint density at radius 2 is 1.76 bits per heavy atom. The normalized spacial score (nSPS) is 15.1. The quantitative estimate of drug-likeness (QED) is 0.610. The molecule has 0 atom stereocenters. The van der Waals surface area contributed by atoms with E-state index in [2.05, 4.69) is 40.2 Å². The number of benzene rings is 2. The highest BCUT2D eigenvalue weighted by molar-refractivity contribution is 5.84. The molecule has 5 nitrogen and oxygen atoms in total. The Morgan fingerprint density at radius 3 is 2.68 bits per heavy atom. The fourth-order valence-corrected chi connectivity index (χ4v) is 3.34. The molecule has 0 bridgehead atoms. The summed E-state index contributed by atoms with van der Waals surface area (Å²) in [4.78, 5) is 15.2. The van der Waals surface area contributed by atoms with Gasteiger partial charge in [-0.05, 0) is 30.3 Å². The molecule has 0 saturated carbocycles. The van der Waals surface area contributed by atoms with E-state index >= 15 is 0 Å². The highest BCUT2D eigenvalue weighted by atomic mass is 16.5. The highest BCUT2D eigenvalue weighted by Gasteiger charge is 2.13. The molecule has 3 heterocycles. The number of fused-ring (bicyclic) bond motifs is 2. The molecule has 1 aliphatic rings. The Kier molecular flexibility index (Phi) is 3.38. The summed E-state index contributed by atoms with van der Waals surface area (Å²) in [6.07, 6.45) is 0. The lowest BCUT2D eigenvalue weighted by molar-refractivity contribution is 0.122. The van der Waals surface area contributed by atoms with Crippen molar-refractivity contribution in [1.82, 2.24) is 15.0 Å². The topological polar surface area (TPSA) is 54.0 Å². The molecule has 0 amide bonds. The van der Waals surface area contributed by atoms with E-state index in [1.807, 2.05) is 24.3 Å². The zero-order valence-corrected chi connectivity index (χ0v) is 13.8. The second kappa shape index (κ2) is 5.86. The molecule has 0 aliphatic carbocycles. The summed E-state index contributed by atoms with van der Waals surface area (Å²) in [5.74, 6) is 0.805. The Bertz CT molecular complexity index is 1050. The van der Waals surface area contributed by atoms with Crippen molar-refractivity contribution in [2.24, 2.45) is 0 Å². The number of morpholine rings is 1. The van der Waals surface area contributed by atoms with Gasteiger partial charge in [-0.25, -0.2) is 9.97 Å². The van der Waals surface area contributed by atoms with Gasteiger partial charge in [0.2, 0.25) is 0 Å². The number of hydrogen-bond acceptors (Lipinski definition) is 4. The maximum absolute atomic E-state index is 5.44. The third-order valence-electron chi connectivity index (χ3n) is 4.68. The zero-order chi connectivity index (χ0) is 16.6. The van der Waals surface area contributed by atoms with E-state index in [9.17, 15) is 0 Å². The number of nitrogens with zero attached hydrogens (tertiary/aromatic N) is 3. The third-order valence-corrected chi connectivity index (χ3v) is 4.68. The first-order valence-electron chi connectivity index (χ1n) is 8.55. The van der Waals surface area contributed by atoms with Crippen molar-refractivity contribution in [2.45, 2.75) is 0 Å². The zero-order valence-electron chi connectivity index (χ0n) is 13.8. The summed E-state index contributed by atoms with van der Waals surface area (Å²) in [5, 5.41) is 1.14. The SMILES string of the molecule is c1ccc2nc(-c3nc4ccc(N5CCOCC5)cc4[nH]3)ccc2c1. The first-order valence-corrected chi connectivity index (χ1v) is 8.55. The molecule has 0 spiro atoms. The van der Waals surface area contributed by atoms with Gasteiger partial charge in [0, 0.05) is 24.2 Å². The van der Waals surface area contributed by atoms with Gasteiger partial charge in [0.05, 0.1) is 29.8 Å². The van der Waals surface area contributed by atoms with Crippen molar-refractivity contribution in [3.8, 4) is 11.5 Å². The van der Waals surface area contributed by atoms with E-state index in [0.717, 1.165) is 59.8 Å². The van der Waals surface area contributed by atoms with Crippen molar-refractivity contribution < 1.29 is 4.74 Å². The van der Waals surface area contributed by atoms with E-state index in [-0.39, 0.29) is 0 Å². The molecule has 5 heteroatoms. The predicted molar refractivity (Wildman–Crippen MR) is 99.9 cm³/mol. The van der Waals surface area contributed by atoms with Crippen LogP contribution < -0.4 is 4.90 Å². The Balaban J connectivity index is 1.54. The lowest BCUT2D eigenvalue weighted by Crippen LogP contribution is -2.36. The predicted octanol–water partition coefficient (Wildman–Crippen LogP) is 3.61. The molecule has 124 valence electrons. The smallest absolute Gasteiger partial charge is 0.157 e. The van der Waals surface area contributed by atoms with E-state index in [4.69, 9.17) is 14.7 Å². The molecule has 1 saturated heterocycles. The summed E-state index contributed by atoms with van der Waals surface area (Å²) in [7, 11) is 0. The Morgan fingerprint density at radius 1 is 0.880 bits per heavy atom. The fourth-order valence-electron chi connectivity index (χ4n) is 3.34. The summed E-state index contributed by atoms with van der Waals surface area (Å²) in [6.45, 7) is 3.43. The van der Waals surface area contributed by atoms with Crippen LogP contribution in [-0.2, 0) is 4.74 Å². The van der Waals surface area contributed by atoms with Crippen LogP contribution in [0.4, 0.5) is 5.69 Å². The number of pyridine rings is 1. The minimum atomic E-state index is 0.785. The van der Waals surface area contributed by atoms with Gasteiger partial charge in [0.1, 0.15) is 5.69 Å². The first kappa shape index (κ1) is 14.4. The van der Waals surface area contributed by atoms with Crippen LogP contribution in [0.25, 0.3) is 33.5 Å². The lowest BCUT2D eigenvalue weighted by Gasteiger charge is -2.28. The third kappa shape index (κ3) is 2.62. The van der Waals surface area contributed by atoms with Crippen LogP contribution in [0.2, 0.25) is 0 Å². The minimum absolute atomic E-state index is 0.785. The number of aromatic amines is 1. The largest absolute Gasteiger partial charge is 0.378 e. The van der Waals surface area contributed by atoms with Crippen LogP contribution in [0, 0.1) is 0 Å². The molecular weight excluding hydrogens is 312 g/mol. The molecule has 1 fully saturated rings. The number of H-pyrrole nitrogens is 1. The van der Waals surface area contributed by atoms with Crippen LogP contribution in [-0.4, -0.2) is 41.3 Å². The van der Waals surface area contributed by atoms with E-state index in [0.29, 0.717) is 0 Å². The average Bonchev–Trinajstić information content (AvgIpc) is 3.11. The maximum Gasteiger partial charge on any atom is 0.157 e. The van der Waals surface area contributed by atoms with Gasteiger partial charge in [-0.3, -0.25) is 0 Å². The summed E-state index contributed by atoms with van der Waals surface area (Å²) in [5.41, 5.74) is 5.05. The maximum atomic E-state index is 5.44. The Hall–Kier alpha value is -2.92. The molecule has 4 aromatic rings. The molecule has 0 radical (unpaired) electrons. The standard InChI is InChI=1S/C20H18N4O/c1-2-4-16-14(3-1)5-7-18(21-16)20-22-17-8-6-15(13-19(17)23-20)24-9-11-25-12-10-24/h1-8,13H,9-12H2,(H,22,23). The molecule has 2 aromatic heterocycles. The summed E-state index contributed by atoms with van der Waals surface area (Å²) in [6, 6.07) is 18.6. The van der Waals surface area contributed by atoms with E-state index < -0.39 is 0 Å². The van der Waals surface area contributed by atoms with Crippen molar-refractivity contribution >= 4 is 27.6 Å². The number of aromatic nitrogens is 3. The number of nitrogens with one attached hydrogen (secondary N) is 1. The van der Waals surface area contributed by atoms with Crippen molar-refractivity contribution in [3.63, 3.8) is 0 Å². The van der Waals surface area contributed by atoms with Crippen LogP contribution in [0.1, 0.15) is 0 Å². The number of imidazole rings is 1. The Labute approximate surface area is 145 Å². The molecule has 25 heavy (non-hydrogen) atoms. The number of rotatable bonds is 2. The average molecular weight is 330 g/mol. The molecule has 0 unspecified atom stereocenters. The fraction of sp³-hybridized carbons (Fsp3) is 0.200. The number of hydrogen-bond donors (Lipinski definition) is 1. The second-order valence-electron chi connectivity index (χ2n) is 6.28. The highest BCUT2D eigenvalue weighted by Crippen LogP contribution is 2.25. The van der Waals surface area contributed by atoms with Crippen molar-refractivity contribution in [1.29, 1.82) is 0 Å². The van der Waals surface area contributed by atoms with E-state index in [1.165, 1.54) is 5.69 Å². The second-order valence-corrected chi connectivity index (χ2v) is 6.28. The van der Waals surface area contributed by atoms with Gasteiger partial charge in [-0.2, -0.15) is 0 Å². The van der Waals surface area contributed by atoms with Gasteiger partial charge in [-0.15, -0.1) is 0 Å². The first-order chi connectivity index (χ1) is 12.4. The summed E-state index contributed by atoms with van der Waals surface area (Å²) < 4.78 is 5.44. The molecule has 2 aromatic carbocycles. The number of ether oxygens (including phenoxy) is 1. The molecule has 1 aliphatic heterocycles. The van der Waals surface area contributed by atoms with Crippen LogP contribution in [0.5, 0.6) is 0 Å². The van der Waals surface area contributed by atoms with Gasteiger partial charge in [0.15, 0.2) is 5.82 Å². The summed E-state index contributed by atoms with van der Waals surface area (Å²) >= 11 is 0. The molecule has 5 rings (SSSR count). The van der Waals surface area contributed by atoms with Gasteiger partial charge < -0.3 is 14.6 Å². The number of anilines is 1. The van der Waals surface area contributed by atoms with Crippen LogP contribution in [0.3, 0.4) is 0 Å². The monoisotopic (exact) mass is 330 g/mol. The van der Waals surface area contributed by atoms with Gasteiger partial charge in [-0.1, -0.05) is 24.3 Å². The van der Waals surface area contributed by atoms with Crippen molar-refractivity contribution in [3.05, 3.63) is 54.6 Å². The molecular formula is C20H18N4O. The van der Waals surface area contributed by atoms with Crippen LogP contribution >= 0.6 is 0 Å².